The van der Waals surface area contributed by atoms with Gasteiger partial charge in [-0.05, 0) is 56.2 Å². The Balaban J connectivity index is 1.49. The molecule has 1 amide bonds. The molecule has 2 aromatic carbocycles. The maximum absolute atomic E-state index is 13.3. The lowest BCUT2D eigenvalue weighted by Crippen LogP contribution is -2.39. The van der Waals surface area contributed by atoms with Crippen molar-refractivity contribution in [1.29, 1.82) is 0 Å². The lowest BCUT2D eigenvalue weighted by atomic mass is 9.97. The highest BCUT2D eigenvalue weighted by molar-refractivity contribution is 6.00. The molecule has 3 aromatic rings. The summed E-state index contributed by atoms with van der Waals surface area (Å²) >= 11 is 0. The van der Waals surface area contributed by atoms with Crippen molar-refractivity contribution in [3.8, 4) is 5.75 Å². The molecule has 0 radical (unpaired) electrons. The molecule has 0 saturated carbocycles. The molecule has 2 heterocycles. The van der Waals surface area contributed by atoms with Crippen LogP contribution >= 0.6 is 0 Å². The molecule has 0 aliphatic carbocycles. The standard InChI is InChI=1S/C22H22F2N4O3/c1-14-25-20(31-27-14)15-5-4-12-28(13-15)21(29)18-6-2-3-7-19(18)26-16-8-10-17(11-9-16)30-22(23)24/h2-3,6-11,15,22,26H,4-5,12-13H2,1H3. The van der Waals surface area contributed by atoms with Crippen LogP contribution in [-0.2, 0) is 0 Å². The number of hydrogen-bond donors (Lipinski definition) is 1. The number of rotatable bonds is 6. The highest BCUT2D eigenvalue weighted by atomic mass is 19.3. The van der Waals surface area contributed by atoms with Crippen molar-refractivity contribution >= 4 is 17.3 Å². The van der Waals surface area contributed by atoms with E-state index in [2.05, 4.69) is 20.2 Å². The first-order chi connectivity index (χ1) is 15.0. The van der Waals surface area contributed by atoms with Crippen LogP contribution in [-0.4, -0.2) is 40.6 Å². The number of hydrogen-bond acceptors (Lipinski definition) is 6. The van der Waals surface area contributed by atoms with Crippen LogP contribution in [0.25, 0.3) is 0 Å². The predicted molar refractivity (Wildman–Crippen MR) is 110 cm³/mol. The average Bonchev–Trinajstić information content (AvgIpc) is 3.21. The smallest absolute Gasteiger partial charge is 0.387 e. The Hall–Kier alpha value is -3.49. The first kappa shape index (κ1) is 20.8. The van der Waals surface area contributed by atoms with E-state index in [0.717, 1.165) is 12.8 Å². The lowest BCUT2D eigenvalue weighted by molar-refractivity contribution is -0.0498. The van der Waals surface area contributed by atoms with E-state index in [1.165, 1.54) is 12.1 Å². The van der Waals surface area contributed by atoms with E-state index in [-0.39, 0.29) is 17.6 Å². The van der Waals surface area contributed by atoms with E-state index in [4.69, 9.17) is 4.52 Å². The van der Waals surface area contributed by atoms with E-state index in [1.807, 2.05) is 6.07 Å². The number of para-hydroxylation sites is 1. The SMILES string of the molecule is Cc1noc(C2CCCN(C(=O)c3ccccc3Nc3ccc(OC(F)F)cc3)C2)n1. The molecule has 1 aromatic heterocycles. The minimum Gasteiger partial charge on any atom is -0.435 e. The van der Waals surface area contributed by atoms with Crippen LogP contribution in [0.4, 0.5) is 20.2 Å². The number of nitrogens with one attached hydrogen (secondary N) is 1. The molecule has 7 nitrogen and oxygen atoms in total. The van der Waals surface area contributed by atoms with Gasteiger partial charge in [0.1, 0.15) is 5.75 Å². The Bertz CT molecular complexity index is 1040. The molecule has 0 bridgehead atoms. The van der Waals surface area contributed by atoms with Gasteiger partial charge in [0.2, 0.25) is 5.89 Å². The van der Waals surface area contributed by atoms with Crippen LogP contribution in [0, 0.1) is 6.92 Å². The third-order valence-corrected chi connectivity index (χ3v) is 5.12. The average molecular weight is 428 g/mol. The number of anilines is 2. The minimum atomic E-state index is -2.87. The van der Waals surface area contributed by atoms with Crippen molar-refractivity contribution < 1.29 is 22.8 Å². The molecule has 1 saturated heterocycles. The van der Waals surface area contributed by atoms with Crippen LogP contribution in [0.5, 0.6) is 5.75 Å². The Kier molecular flexibility index (Phi) is 6.11. The molecule has 9 heteroatoms. The van der Waals surface area contributed by atoms with Crippen molar-refractivity contribution in [1.82, 2.24) is 15.0 Å². The molecule has 0 spiro atoms. The summed E-state index contributed by atoms with van der Waals surface area (Å²) in [5.41, 5.74) is 1.81. The number of halogens is 2. The molecule has 1 N–H and O–H groups in total. The normalized spacial score (nSPS) is 16.4. The quantitative estimate of drug-likeness (QED) is 0.611. The van der Waals surface area contributed by atoms with E-state index >= 15 is 0 Å². The number of aromatic nitrogens is 2. The monoisotopic (exact) mass is 428 g/mol. The van der Waals surface area contributed by atoms with E-state index < -0.39 is 6.61 Å². The number of nitrogens with zero attached hydrogens (tertiary/aromatic N) is 3. The number of ether oxygens (including phenoxy) is 1. The third kappa shape index (κ3) is 4.99. The topological polar surface area (TPSA) is 80.5 Å². The molecule has 1 fully saturated rings. The zero-order chi connectivity index (χ0) is 21.8. The summed E-state index contributed by atoms with van der Waals surface area (Å²) < 4.78 is 34.3. The number of likely N-dealkylation sites (tertiary alicyclic amines) is 1. The predicted octanol–water partition coefficient (Wildman–Crippen LogP) is 4.74. The van der Waals surface area contributed by atoms with Gasteiger partial charge in [0.15, 0.2) is 5.82 Å². The summed E-state index contributed by atoms with van der Waals surface area (Å²) in [6, 6.07) is 13.3. The van der Waals surface area contributed by atoms with Crippen LogP contribution in [0.3, 0.4) is 0 Å². The fourth-order valence-corrected chi connectivity index (χ4v) is 3.67. The fraction of sp³-hybridized carbons (Fsp3) is 0.318. The summed E-state index contributed by atoms with van der Waals surface area (Å²) in [4.78, 5) is 19.4. The van der Waals surface area contributed by atoms with Gasteiger partial charge < -0.3 is 19.5 Å². The second-order valence-electron chi connectivity index (χ2n) is 7.34. The van der Waals surface area contributed by atoms with Gasteiger partial charge in [-0.2, -0.15) is 13.8 Å². The number of amides is 1. The summed E-state index contributed by atoms with van der Waals surface area (Å²) in [5, 5.41) is 7.04. The van der Waals surface area contributed by atoms with Gasteiger partial charge >= 0.3 is 6.61 Å². The van der Waals surface area contributed by atoms with Gasteiger partial charge in [0.05, 0.1) is 17.2 Å². The van der Waals surface area contributed by atoms with Crippen molar-refractivity contribution in [2.45, 2.75) is 32.3 Å². The highest BCUT2D eigenvalue weighted by Crippen LogP contribution is 2.29. The summed E-state index contributed by atoms with van der Waals surface area (Å²) in [6.45, 7) is 0.0548. The van der Waals surface area contributed by atoms with Gasteiger partial charge in [-0.3, -0.25) is 4.79 Å². The summed E-state index contributed by atoms with van der Waals surface area (Å²) in [7, 11) is 0. The van der Waals surface area contributed by atoms with Crippen LogP contribution in [0.1, 0.15) is 40.8 Å². The Labute approximate surface area is 178 Å². The number of benzene rings is 2. The summed E-state index contributed by atoms with van der Waals surface area (Å²) in [5.74, 6) is 1.13. The molecule has 31 heavy (non-hydrogen) atoms. The zero-order valence-corrected chi connectivity index (χ0v) is 16.9. The molecule has 1 aliphatic rings. The Morgan fingerprint density at radius 2 is 2.00 bits per heavy atom. The van der Waals surface area contributed by atoms with Crippen LogP contribution in [0.2, 0.25) is 0 Å². The van der Waals surface area contributed by atoms with Crippen molar-refractivity contribution in [3.05, 3.63) is 65.8 Å². The van der Waals surface area contributed by atoms with E-state index in [1.54, 1.807) is 42.2 Å². The maximum atomic E-state index is 13.3. The number of piperidine rings is 1. The lowest BCUT2D eigenvalue weighted by Gasteiger charge is -2.31. The van der Waals surface area contributed by atoms with Gasteiger partial charge in [-0.25, -0.2) is 0 Å². The molecular formula is C22H22F2N4O3. The fourth-order valence-electron chi connectivity index (χ4n) is 3.67. The van der Waals surface area contributed by atoms with Gasteiger partial charge in [0.25, 0.3) is 5.91 Å². The van der Waals surface area contributed by atoms with Gasteiger partial charge in [-0.15, -0.1) is 0 Å². The van der Waals surface area contributed by atoms with E-state index in [9.17, 15) is 13.6 Å². The first-order valence-electron chi connectivity index (χ1n) is 10.00. The molecule has 162 valence electrons. The molecule has 1 unspecified atom stereocenters. The van der Waals surface area contributed by atoms with Gasteiger partial charge in [-0.1, -0.05) is 17.3 Å². The highest BCUT2D eigenvalue weighted by Gasteiger charge is 2.29. The maximum Gasteiger partial charge on any atom is 0.387 e. The largest absolute Gasteiger partial charge is 0.435 e. The molecular weight excluding hydrogens is 406 g/mol. The molecule has 4 rings (SSSR count). The number of carbonyl (C=O) groups is 1. The Morgan fingerprint density at radius 1 is 1.23 bits per heavy atom. The van der Waals surface area contributed by atoms with Gasteiger partial charge in [0, 0.05) is 18.8 Å². The van der Waals surface area contributed by atoms with Crippen LogP contribution < -0.4 is 10.1 Å². The van der Waals surface area contributed by atoms with Crippen molar-refractivity contribution in [2.24, 2.45) is 0 Å². The Morgan fingerprint density at radius 3 is 2.71 bits per heavy atom. The first-order valence-corrected chi connectivity index (χ1v) is 10.00. The van der Waals surface area contributed by atoms with Crippen LogP contribution in [0.15, 0.2) is 53.1 Å². The summed E-state index contributed by atoms with van der Waals surface area (Å²) in [6.07, 6.45) is 1.73. The number of alkyl halides is 2. The number of carbonyl (C=O) groups excluding carboxylic acids is 1. The van der Waals surface area contributed by atoms with Crippen molar-refractivity contribution in [2.75, 3.05) is 18.4 Å². The molecule has 1 aliphatic heterocycles. The number of aryl methyl sites for hydroxylation is 1. The third-order valence-electron chi connectivity index (χ3n) is 5.12. The minimum absolute atomic E-state index is 0.0152. The second kappa shape index (κ2) is 9.11. The zero-order valence-electron chi connectivity index (χ0n) is 16.9. The van der Waals surface area contributed by atoms with E-state index in [0.29, 0.717) is 41.7 Å². The second-order valence-corrected chi connectivity index (χ2v) is 7.34. The molecule has 1 atom stereocenters. The van der Waals surface area contributed by atoms with Crippen molar-refractivity contribution in [3.63, 3.8) is 0 Å².